The van der Waals surface area contributed by atoms with E-state index in [1.165, 1.54) is 22.5 Å². The van der Waals surface area contributed by atoms with Crippen LogP contribution >= 0.6 is 0 Å². The van der Waals surface area contributed by atoms with Crippen LogP contribution in [0.1, 0.15) is 52.7 Å². The van der Waals surface area contributed by atoms with Gasteiger partial charge in [0.05, 0.1) is 0 Å². The van der Waals surface area contributed by atoms with Gasteiger partial charge >= 0.3 is 0 Å². The molecule has 0 radical (unpaired) electrons. The minimum Gasteiger partial charge on any atom is -0.345 e. The highest BCUT2D eigenvalue weighted by Gasteiger charge is 2.17. The number of nitrogens with zero attached hydrogens (tertiary/aromatic N) is 1. The summed E-state index contributed by atoms with van der Waals surface area (Å²) in [6.45, 7) is 13.5. The van der Waals surface area contributed by atoms with Crippen LogP contribution in [0.3, 0.4) is 0 Å². The molecule has 0 bridgehead atoms. The van der Waals surface area contributed by atoms with Gasteiger partial charge in [0.2, 0.25) is 0 Å². The van der Waals surface area contributed by atoms with E-state index in [0.717, 1.165) is 0 Å². The van der Waals surface area contributed by atoms with Gasteiger partial charge in [-0.25, -0.2) is 0 Å². The Balaban J connectivity index is 2.38. The van der Waals surface area contributed by atoms with Crippen molar-refractivity contribution >= 4 is 11.4 Å². The van der Waals surface area contributed by atoms with Crippen LogP contribution < -0.4 is 4.90 Å². The molecule has 22 heavy (non-hydrogen) atoms. The molecule has 118 valence electrons. The Morgan fingerprint density at radius 2 is 1.00 bits per heavy atom. The minimum atomic E-state index is 0.171. The molecule has 0 saturated heterocycles. The molecule has 2 rings (SSSR count). The third kappa shape index (κ3) is 3.71. The molecule has 0 fully saturated rings. The lowest BCUT2D eigenvalue weighted by Gasteiger charge is -2.26. The van der Waals surface area contributed by atoms with Gasteiger partial charge in [-0.2, -0.15) is 0 Å². The van der Waals surface area contributed by atoms with Crippen molar-refractivity contribution in [2.75, 3.05) is 11.9 Å². The van der Waals surface area contributed by atoms with Crippen molar-refractivity contribution in [3.8, 4) is 0 Å². The Hall–Kier alpha value is -1.76. The smallest absolute Gasteiger partial charge is 0.0411 e. The summed E-state index contributed by atoms with van der Waals surface area (Å²) in [6, 6.07) is 17.7. The highest BCUT2D eigenvalue weighted by atomic mass is 15.1. The van der Waals surface area contributed by atoms with E-state index in [1.807, 2.05) is 0 Å². The largest absolute Gasteiger partial charge is 0.345 e. The van der Waals surface area contributed by atoms with E-state index in [9.17, 15) is 0 Å². The lowest BCUT2D eigenvalue weighted by molar-refractivity contribution is 0.590. The fourth-order valence-electron chi connectivity index (χ4n) is 2.51. The van der Waals surface area contributed by atoms with E-state index in [2.05, 4.69) is 102 Å². The SMILES string of the molecule is CN(c1cccc(C(C)(C)C)c1)c1cccc(C(C)(C)C)c1. The van der Waals surface area contributed by atoms with Crippen LogP contribution in [0.25, 0.3) is 0 Å². The van der Waals surface area contributed by atoms with Gasteiger partial charge in [-0.1, -0.05) is 65.8 Å². The second-order valence-corrected chi connectivity index (χ2v) is 8.16. The summed E-state index contributed by atoms with van der Waals surface area (Å²) >= 11 is 0. The Kier molecular flexibility index (Phi) is 4.37. The van der Waals surface area contributed by atoms with Crippen molar-refractivity contribution in [3.63, 3.8) is 0 Å². The highest BCUT2D eigenvalue weighted by molar-refractivity contribution is 5.64. The molecule has 0 unspecified atom stereocenters. The summed E-state index contributed by atoms with van der Waals surface area (Å²) in [6.07, 6.45) is 0. The molecule has 0 atom stereocenters. The topological polar surface area (TPSA) is 3.24 Å². The van der Waals surface area contributed by atoms with Crippen molar-refractivity contribution in [1.29, 1.82) is 0 Å². The van der Waals surface area contributed by atoms with E-state index in [0.29, 0.717) is 0 Å². The van der Waals surface area contributed by atoms with Gasteiger partial charge in [0, 0.05) is 18.4 Å². The highest BCUT2D eigenvalue weighted by Crippen LogP contribution is 2.31. The zero-order chi connectivity index (χ0) is 16.5. The predicted octanol–water partition coefficient (Wildman–Crippen LogP) is 6.05. The van der Waals surface area contributed by atoms with E-state index in [4.69, 9.17) is 0 Å². The molecule has 0 heterocycles. The third-order valence-corrected chi connectivity index (χ3v) is 4.20. The van der Waals surface area contributed by atoms with Crippen LogP contribution in [0.15, 0.2) is 48.5 Å². The first-order chi connectivity index (χ1) is 10.1. The van der Waals surface area contributed by atoms with Gasteiger partial charge in [0.25, 0.3) is 0 Å². The first-order valence-corrected chi connectivity index (χ1v) is 8.04. The molecule has 0 N–H and O–H groups in total. The van der Waals surface area contributed by atoms with E-state index in [-0.39, 0.29) is 10.8 Å². The lowest BCUT2D eigenvalue weighted by Crippen LogP contribution is -2.16. The summed E-state index contributed by atoms with van der Waals surface area (Å²) in [5.74, 6) is 0. The van der Waals surface area contributed by atoms with Crippen LogP contribution in [0.4, 0.5) is 11.4 Å². The van der Waals surface area contributed by atoms with Gasteiger partial charge in [0.1, 0.15) is 0 Å². The fourth-order valence-corrected chi connectivity index (χ4v) is 2.51. The molecule has 0 aromatic heterocycles. The van der Waals surface area contributed by atoms with Crippen LogP contribution in [0.2, 0.25) is 0 Å². The van der Waals surface area contributed by atoms with Gasteiger partial charge in [-0.15, -0.1) is 0 Å². The first kappa shape index (κ1) is 16.6. The average molecular weight is 295 g/mol. The number of hydrogen-bond acceptors (Lipinski definition) is 1. The van der Waals surface area contributed by atoms with Gasteiger partial charge < -0.3 is 4.90 Å². The van der Waals surface area contributed by atoms with E-state index < -0.39 is 0 Å². The minimum absolute atomic E-state index is 0.171. The van der Waals surface area contributed by atoms with Crippen molar-refractivity contribution < 1.29 is 0 Å². The van der Waals surface area contributed by atoms with Crippen molar-refractivity contribution in [2.45, 2.75) is 52.4 Å². The zero-order valence-corrected chi connectivity index (χ0v) is 15.1. The number of anilines is 2. The Morgan fingerprint density at radius 1 is 0.636 bits per heavy atom. The molecule has 0 amide bonds. The van der Waals surface area contributed by atoms with Gasteiger partial charge in [-0.3, -0.25) is 0 Å². The van der Waals surface area contributed by atoms with Crippen LogP contribution in [0, 0.1) is 0 Å². The molecule has 1 heteroatoms. The van der Waals surface area contributed by atoms with Crippen LogP contribution in [0.5, 0.6) is 0 Å². The zero-order valence-electron chi connectivity index (χ0n) is 15.1. The van der Waals surface area contributed by atoms with Crippen molar-refractivity contribution in [1.82, 2.24) is 0 Å². The predicted molar refractivity (Wildman–Crippen MR) is 98.3 cm³/mol. The molecule has 0 aliphatic heterocycles. The maximum atomic E-state index is 2.30. The maximum absolute atomic E-state index is 2.30. The van der Waals surface area contributed by atoms with E-state index >= 15 is 0 Å². The van der Waals surface area contributed by atoms with Crippen molar-refractivity contribution in [3.05, 3.63) is 59.7 Å². The first-order valence-electron chi connectivity index (χ1n) is 8.04. The van der Waals surface area contributed by atoms with Gasteiger partial charge in [0.15, 0.2) is 0 Å². The normalized spacial score (nSPS) is 12.3. The lowest BCUT2D eigenvalue weighted by atomic mass is 9.86. The second kappa shape index (κ2) is 5.79. The Morgan fingerprint density at radius 3 is 1.32 bits per heavy atom. The summed E-state index contributed by atoms with van der Waals surface area (Å²) in [5, 5.41) is 0. The third-order valence-electron chi connectivity index (χ3n) is 4.20. The van der Waals surface area contributed by atoms with Crippen LogP contribution in [-0.2, 0) is 10.8 Å². The molecular formula is C21H29N. The summed E-state index contributed by atoms with van der Waals surface area (Å²) in [4.78, 5) is 2.27. The Labute approximate surface area is 136 Å². The molecule has 1 nitrogen and oxygen atoms in total. The molecule has 0 aliphatic carbocycles. The standard InChI is InChI=1S/C21H29N/c1-20(2,3)16-10-8-12-18(14-16)22(7)19-13-9-11-17(15-19)21(4,5)6/h8-15H,1-7H3. The second-order valence-electron chi connectivity index (χ2n) is 8.16. The number of hydrogen-bond donors (Lipinski definition) is 0. The molecule has 0 aliphatic rings. The molecule has 0 spiro atoms. The molecule has 0 saturated carbocycles. The van der Waals surface area contributed by atoms with Crippen molar-refractivity contribution in [2.24, 2.45) is 0 Å². The monoisotopic (exact) mass is 295 g/mol. The fraction of sp³-hybridized carbons (Fsp3) is 0.429. The summed E-state index contributed by atoms with van der Waals surface area (Å²) < 4.78 is 0. The summed E-state index contributed by atoms with van der Waals surface area (Å²) in [5.41, 5.74) is 5.54. The van der Waals surface area contributed by atoms with E-state index in [1.54, 1.807) is 0 Å². The maximum Gasteiger partial charge on any atom is 0.0411 e. The number of benzene rings is 2. The molecular weight excluding hydrogens is 266 g/mol. The molecule has 2 aromatic carbocycles. The number of rotatable bonds is 2. The van der Waals surface area contributed by atoms with Gasteiger partial charge in [-0.05, 0) is 46.2 Å². The molecule has 2 aromatic rings. The Bertz CT molecular complexity index is 584. The average Bonchev–Trinajstić information content (AvgIpc) is 2.45. The quantitative estimate of drug-likeness (QED) is 0.652. The van der Waals surface area contributed by atoms with Crippen LogP contribution in [-0.4, -0.2) is 7.05 Å². The summed E-state index contributed by atoms with van der Waals surface area (Å²) in [7, 11) is 2.14.